The maximum Gasteiger partial charge on any atom is 0.129 e. The molecule has 0 saturated carbocycles. The van der Waals surface area contributed by atoms with Crippen LogP contribution in [-0.4, -0.2) is 23.0 Å². The molecule has 2 nitrogen and oxygen atoms in total. The third kappa shape index (κ3) is 2.96. The zero-order valence-corrected chi connectivity index (χ0v) is 10.7. The van der Waals surface area contributed by atoms with E-state index in [1.165, 1.54) is 25.1 Å². The molecule has 0 N–H and O–H groups in total. The first-order valence-electron chi connectivity index (χ1n) is 5.98. The fourth-order valence-corrected chi connectivity index (χ4v) is 2.36. The van der Waals surface area contributed by atoms with Crippen molar-refractivity contribution >= 4 is 11.6 Å². The zero-order chi connectivity index (χ0) is 11.5. The Balaban J connectivity index is 1.93. The fourth-order valence-electron chi connectivity index (χ4n) is 2.25. The van der Waals surface area contributed by atoms with Crippen molar-refractivity contribution in [1.82, 2.24) is 9.88 Å². The second kappa shape index (κ2) is 5.15. The molecule has 3 heteroatoms. The SMILES string of the molecule is CC1CCN(Cc2ccc(Cl)nc2)CC1C. The molecule has 0 aromatic carbocycles. The molecule has 1 aromatic rings. The Morgan fingerprint density at radius 1 is 1.38 bits per heavy atom. The van der Waals surface area contributed by atoms with Crippen molar-refractivity contribution in [2.45, 2.75) is 26.8 Å². The van der Waals surface area contributed by atoms with E-state index in [9.17, 15) is 0 Å². The van der Waals surface area contributed by atoms with Crippen LogP contribution in [0.2, 0.25) is 5.15 Å². The highest BCUT2D eigenvalue weighted by molar-refractivity contribution is 6.29. The number of piperidine rings is 1. The highest BCUT2D eigenvalue weighted by atomic mass is 35.5. The smallest absolute Gasteiger partial charge is 0.129 e. The lowest BCUT2D eigenvalue weighted by atomic mass is 9.88. The molecule has 0 aliphatic carbocycles. The van der Waals surface area contributed by atoms with Crippen molar-refractivity contribution in [3.8, 4) is 0 Å². The summed E-state index contributed by atoms with van der Waals surface area (Å²) in [6, 6.07) is 3.94. The summed E-state index contributed by atoms with van der Waals surface area (Å²) in [6.07, 6.45) is 3.19. The first kappa shape index (κ1) is 11.9. The lowest BCUT2D eigenvalue weighted by molar-refractivity contribution is 0.132. The molecule has 1 aliphatic heterocycles. The molecular weight excluding hydrogens is 220 g/mol. The van der Waals surface area contributed by atoms with Crippen LogP contribution in [0.4, 0.5) is 0 Å². The molecule has 1 saturated heterocycles. The molecule has 0 bridgehead atoms. The van der Waals surface area contributed by atoms with Crippen molar-refractivity contribution in [1.29, 1.82) is 0 Å². The molecule has 88 valence electrons. The van der Waals surface area contributed by atoms with Crippen LogP contribution in [0.5, 0.6) is 0 Å². The van der Waals surface area contributed by atoms with Crippen LogP contribution in [0.25, 0.3) is 0 Å². The van der Waals surface area contributed by atoms with Crippen LogP contribution in [0, 0.1) is 11.8 Å². The number of nitrogens with zero attached hydrogens (tertiary/aromatic N) is 2. The van der Waals surface area contributed by atoms with Crippen LogP contribution >= 0.6 is 11.6 Å². The maximum atomic E-state index is 5.77. The molecule has 16 heavy (non-hydrogen) atoms. The van der Waals surface area contributed by atoms with Gasteiger partial charge in [0.2, 0.25) is 0 Å². The molecule has 2 unspecified atom stereocenters. The molecule has 1 aromatic heterocycles. The predicted molar refractivity (Wildman–Crippen MR) is 67.5 cm³/mol. The van der Waals surface area contributed by atoms with Gasteiger partial charge in [-0.25, -0.2) is 4.98 Å². The Morgan fingerprint density at radius 3 is 2.81 bits per heavy atom. The molecule has 0 amide bonds. The van der Waals surface area contributed by atoms with Crippen LogP contribution in [-0.2, 0) is 6.54 Å². The standard InChI is InChI=1S/C13H19ClN2/c1-10-5-6-16(8-11(10)2)9-12-3-4-13(14)15-7-12/h3-4,7,10-11H,5-6,8-9H2,1-2H3. The Kier molecular flexibility index (Phi) is 3.82. The van der Waals surface area contributed by atoms with Crippen LogP contribution in [0.3, 0.4) is 0 Å². The summed E-state index contributed by atoms with van der Waals surface area (Å²) in [7, 11) is 0. The van der Waals surface area contributed by atoms with E-state index in [0.717, 1.165) is 18.4 Å². The maximum absolute atomic E-state index is 5.77. The molecule has 1 aliphatic rings. The van der Waals surface area contributed by atoms with Gasteiger partial charge in [0.15, 0.2) is 0 Å². The van der Waals surface area contributed by atoms with Gasteiger partial charge in [-0.1, -0.05) is 31.5 Å². The number of likely N-dealkylation sites (tertiary alicyclic amines) is 1. The normalized spacial score (nSPS) is 26.9. The minimum absolute atomic E-state index is 0.574. The average molecular weight is 239 g/mol. The van der Waals surface area contributed by atoms with E-state index in [2.05, 4.69) is 29.8 Å². The number of aromatic nitrogens is 1. The second-order valence-electron chi connectivity index (χ2n) is 4.97. The molecule has 1 fully saturated rings. The van der Waals surface area contributed by atoms with Crippen molar-refractivity contribution in [3.63, 3.8) is 0 Å². The quantitative estimate of drug-likeness (QED) is 0.736. The average Bonchev–Trinajstić information content (AvgIpc) is 2.27. The minimum atomic E-state index is 0.574. The Morgan fingerprint density at radius 2 is 2.19 bits per heavy atom. The number of hydrogen-bond donors (Lipinski definition) is 0. The van der Waals surface area contributed by atoms with Crippen molar-refractivity contribution in [2.75, 3.05) is 13.1 Å². The monoisotopic (exact) mass is 238 g/mol. The van der Waals surface area contributed by atoms with Gasteiger partial charge in [0.05, 0.1) is 0 Å². The van der Waals surface area contributed by atoms with Crippen molar-refractivity contribution in [2.24, 2.45) is 11.8 Å². The predicted octanol–water partition coefficient (Wildman–Crippen LogP) is 3.21. The van der Waals surface area contributed by atoms with Gasteiger partial charge in [-0.2, -0.15) is 0 Å². The third-order valence-electron chi connectivity index (χ3n) is 3.61. The highest BCUT2D eigenvalue weighted by Crippen LogP contribution is 2.23. The molecule has 0 spiro atoms. The number of halogens is 1. The summed E-state index contributed by atoms with van der Waals surface area (Å²) in [5, 5.41) is 0.574. The molecule has 2 atom stereocenters. The Hall–Kier alpha value is -0.600. The van der Waals surface area contributed by atoms with Gasteiger partial charge in [0.25, 0.3) is 0 Å². The van der Waals surface area contributed by atoms with Crippen LogP contribution in [0.15, 0.2) is 18.3 Å². The fraction of sp³-hybridized carbons (Fsp3) is 0.615. The Bertz CT molecular complexity index is 336. The molecule has 2 heterocycles. The summed E-state index contributed by atoms with van der Waals surface area (Å²) >= 11 is 5.77. The number of rotatable bonds is 2. The van der Waals surface area contributed by atoms with E-state index in [4.69, 9.17) is 11.6 Å². The van der Waals surface area contributed by atoms with Crippen molar-refractivity contribution < 1.29 is 0 Å². The largest absolute Gasteiger partial charge is 0.299 e. The number of pyridine rings is 1. The topological polar surface area (TPSA) is 16.1 Å². The molecule has 2 rings (SSSR count). The Labute approximate surface area is 103 Å². The van der Waals surface area contributed by atoms with Gasteiger partial charge < -0.3 is 0 Å². The second-order valence-corrected chi connectivity index (χ2v) is 5.35. The lowest BCUT2D eigenvalue weighted by Crippen LogP contribution is -2.37. The van der Waals surface area contributed by atoms with E-state index < -0.39 is 0 Å². The highest BCUT2D eigenvalue weighted by Gasteiger charge is 2.22. The van der Waals surface area contributed by atoms with Crippen LogP contribution < -0.4 is 0 Å². The zero-order valence-electron chi connectivity index (χ0n) is 9.99. The first-order chi connectivity index (χ1) is 7.65. The van der Waals surface area contributed by atoms with E-state index in [-0.39, 0.29) is 0 Å². The summed E-state index contributed by atoms with van der Waals surface area (Å²) in [4.78, 5) is 6.63. The number of hydrogen-bond acceptors (Lipinski definition) is 2. The van der Waals surface area contributed by atoms with Crippen LogP contribution in [0.1, 0.15) is 25.8 Å². The molecular formula is C13H19ClN2. The minimum Gasteiger partial charge on any atom is -0.299 e. The summed E-state index contributed by atoms with van der Waals surface area (Å²) < 4.78 is 0. The summed E-state index contributed by atoms with van der Waals surface area (Å²) in [5.41, 5.74) is 1.26. The van der Waals surface area contributed by atoms with Gasteiger partial charge in [0, 0.05) is 19.3 Å². The van der Waals surface area contributed by atoms with E-state index in [0.29, 0.717) is 5.15 Å². The van der Waals surface area contributed by atoms with Crippen molar-refractivity contribution in [3.05, 3.63) is 29.0 Å². The van der Waals surface area contributed by atoms with Gasteiger partial charge in [0.1, 0.15) is 5.15 Å². The lowest BCUT2D eigenvalue weighted by Gasteiger charge is -2.35. The van der Waals surface area contributed by atoms with Gasteiger partial charge >= 0.3 is 0 Å². The van der Waals surface area contributed by atoms with Gasteiger partial charge in [-0.15, -0.1) is 0 Å². The first-order valence-corrected chi connectivity index (χ1v) is 6.35. The van der Waals surface area contributed by atoms with E-state index >= 15 is 0 Å². The van der Waals surface area contributed by atoms with Gasteiger partial charge in [-0.05, 0) is 36.4 Å². The molecule has 0 radical (unpaired) electrons. The van der Waals surface area contributed by atoms with E-state index in [1.54, 1.807) is 0 Å². The summed E-state index contributed by atoms with van der Waals surface area (Å²) in [6.45, 7) is 8.10. The van der Waals surface area contributed by atoms with E-state index in [1.807, 2.05) is 12.3 Å². The third-order valence-corrected chi connectivity index (χ3v) is 3.84. The van der Waals surface area contributed by atoms with Gasteiger partial charge in [-0.3, -0.25) is 4.90 Å². The summed E-state index contributed by atoms with van der Waals surface area (Å²) in [5.74, 6) is 1.66.